The Morgan fingerprint density at radius 2 is 1.92 bits per heavy atom. The topological polar surface area (TPSA) is 0 Å². The summed E-state index contributed by atoms with van der Waals surface area (Å²) in [6.07, 6.45) is 7.24. The highest BCUT2D eigenvalue weighted by molar-refractivity contribution is 4.80. The molecule has 1 aliphatic rings. The summed E-state index contributed by atoms with van der Waals surface area (Å²) in [6, 6.07) is 0. The predicted molar refractivity (Wildman–Crippen MR) is 59.7 cm³/mol. The van der Waals surface area contributed by atoms with E-state index in [0.29, 0.717) is 0 Å². The lowest BCUT2D eigenvalue weighted by molar-refractivity contribution is 0.130. The molecule has 0 aliphatic heterocycles. The van der Waals surface area contributed by atoms with Crippen LogP contribution in [0.5, 0.6) is 0 Å². The maximum atomic E-state index is 2.45. The van der Waals surface area contributed by atoms with Crippen LogP contribution in [0.2, 0.25) is 0 Å². The zero-order valence-corrected chi connectivity index (χ0v) is 9.84. The van der Waals surface area contributed by atoms with Gasteiger partial charge in [0, 0.05) is 0 Å². The molecule has 0 aromatic heterocycles. The van der Waals surface area contributed by atoms with Gasteiger partial charge in [-0.3, -0.25) is 0 Å². The molecule has 1 rings (SSSR count). The predicted octanol–water partition coefficient (Wildman–Crippen LogP) is 4.49. The monoisotopic (exact) mass is 182 g/mol. The van der Waals surface area contributed by atoms with Crippen molar-refractivity contribution in [2.75, 3.05) is 0 Å². The van der Waals surface area contributed by atoms with Crippen LogP contribution in [-0.2, 0) is 0 Å². The van der Waals surface area contributed by atoms with Gasteiger partial charge in [0.25, 0.3) is 0 Å². The lowest BCUT2D eigenvalue weighted by atomic mass is 9.68. The molecule has 1 aliphatic carbocycles. The molecule has 0 bridgehead atoms. The third-order valence-electron chi connectivity index (χ3n) is 4.20. The average molecular weight is 182 g/mol. The van der Waals surface area contributed by atoms with E-state index in [4.69, 9.17) is 0 Å². The van der Waals surface area contributed by atoms with Gasteiger partial charge < -0.3 is 0 Å². The molecular formula is C13H26. The van der Waals surface area contributed by atoms with Crippen LogP contribution in [0.1, 0.15) is 59.8 Å². The second kappa shape index (κ2) is 5.02. The van der Waals surface area contributed by atoms with Crippen molar-refractivity contribution in [1.29, 1.82) is 0 Å². The van der Waals surface area contributed by atoms with Gasteiger partial charge in [0.2, 0.25) is 0 Å². The van der Waals surface area contributed by atoms with Gasteiger partial charge in [-0.1, -0.05) is 47.0 Å². The van der Waals surface area contributed by atoms with Gasteiger partial charge in [0.1, 0.15) is 0 Å². The highest BCUT2D eigenvalue weighted by Crippen LogP contribution is 2.40. The molecule has 78 valence electrons. The Balaban J connectivity index is 2.52. The van der Waals surface area contributed by atoms with E-state index in [9.17, 15) is 0 Å². The molecule has 0 heterocycles. The lowest BCUT2D eigenvalue weighted by Gasteiger charge is -2.37. The van der Waals surface area contributed by atoms with Crippen LogP contribution in [0.4, 0.5) is 0 Å². The molecule has 1 fully saturated rings. The minimum atomic E-state index is 0.956. The van der Waals surface area contributed by atoms with E-state index >= 15 is 0 Å². The molecule has 0 aromatic rings. The van der Waals surface area contributed by atoms with E-state index in [1.165, 1.54) is 32.1 Å². The van der Waals surface area contributed by atoms with Crippen molar-refractivity contribution in [2.24, 2.45) is 23.7 Å². The minimum Gasteiger partial charge on any atom is -0.0651 e. The first-order valence-corrected chi connectivity index (χ1v) is 6.19. The maximum Gasteiger partial charge on any atom is -0.0360 e. The Bertz CT molecular complexity index is 139. The molecule has 0 aromatic carbocycles. The fourth-order valence-corrected chi connectivity index (χ4v) is 3.04. The largest absolute Gasteiger partial charge is 0.0651 e. The normalized spacial score (nSPS) is 37.4. The SMILES string of the molecule is CCC(C)C1CCC(C)CC1CC. The summed E-state index contributed by atoms with van der Waals surface area (Å²) < 4.78 is 0. The molecule has 1 saturated carbocycles. The molecular weight excluding hydrogens is 156 g/mol. The number of rotatable bonds is 3. The van der Waals surface area contributed by atoms with Gasteiger partial charge in [0.15, 0.2) is 0 Å². The lowest BCUT2D eigenvalue weighted by Crippen LogP contribution is -2.27. The van der Waals surface area contributed by atoms with Crippen LogP contribution in [0.15, 0.2) is 0 Å². The van der Waals surface area contributed by atoms with Gasteiger partial charge in [-0.25, -0.2) is 0 Å². The second-order valence-electron chi connectivity index (χ2n) is 5.14. The summed E-state index contributed by atoms with van der Waals surface area (Å²) in [5.41, 5.74) is 0. The first-order valence-electron chi connectivity index (χ1n) is 6.19. The maximum absolute atomic E-state index is 2.45. The second-order valence-corrected chi connectivity index (χ2v) is 5.14. The van der Waals surface area contributed by atoms with Crippen molar-refractivity contribution in [2.45, 2.75) is 59.8 Å². The number of hydrogen-bond donors (Lipinski definition) is 0. The minimum absolute atomic E-state index is 0.956. The molecule has 0 radical (unpaired) electrons. The Labute approximate surface area is 84.1 Å². The zero-order chi connectivity index (χ0) is 9.84. The van der Waals surface area contributed by atoms with Crippen LogP contribution in [-0.4, -0.2) is 0 Å². The smallest absolute Gasteiger partial charge is 0.0360 e. The molecule has 0 amide bonds. The highest BCUT2D eigenvalue weighted by atomic mass is 14.3. The molecule has 0 heteroatoms. The van der Waals surface area contributed by atoms with Crippen molar-refractivity contribution in [3.05, 3.63) is 0 Å². The van der Waals surface area contributed by atoms with Crippen molar-refractivity contribution in [3.63, 3.8) is 0 Å². The summed E-state index contributed by atoms with van der Waals surface area (Å²) in [4.78, 5) is 0. The third-order valence-corrected chi connectivity index (χ3v) is 4.20. The van der Waals surface area contributed by atoms with Gasteiger partial charge in [-0.2, -0.15) is 0 Å². The fourth-order valence-electron chi connectivity index (χ4n) is 3.04. The highest BCUT2D eigenvalue weighted by Gasteiger charge is 2.29. The summed E-state index contributed by atoms with van der Waals surface area (Å²) in [5, 5.41) is 0. The molecule has 13 heavy (non-hydrogen) atoms. The van der Waals surface area contributed by atoms with Crippen LogP contribution in [0, 0.1) is 23.7 Å². The third kappa shape index (κ3) is 2.72. The molecule has 0 nitrogen and oxygen atoms in total. The van der Waals surface area contributed by atoms with Crippen molar-refractivity contribution >= 4 is 0 Å². The molecule has 0 N–H and O–H groups in total. The summed E-state index contributed by atoms with van der Waals surface area (Å²) in [7, 11) is 0. The Morgan fingerprint density at radius 3 is 2.46 bits per heavy atom. The van der Waals surface area contributed by atoms with Crippen molar-refractivity contribution < 1.29 is 0 Å². The zero-order valence-electron chi connectivity index (χ0n) is 9.84. The Hall–Kier alpha value is 0. The van der Waals surface area contributed by atoms with E-state index in [-0.39, 0.29) is 0 Å². The molecule has 4 unspecified atom stereocenters. The van der Waals surface area contributed by atoms with Crippen LogP contribution in [0.25, 0.3) is 0 Å². The van der Waals surface area contributed by atoms with E-state index in [1.807, 2.05) is 0 Å². The molecule has 4 atom stereocenters. The van der Waals surface area contributed by atoms with Crippen LogP contribution in [0.3, 0.4) is 0 Å². The van der Waals surface area contributed by atoms with E-state index in [1.54, 1.807) is 0 Å². The van der Waals surface area contributed by atoms with Gasteiger partial charge >= 0.3 is 0 Å². The van der Waals surface area contributed by atoms with Crippen LogP contribution < -0.4 is 0 Å². The van der Waals surface area contributed by atoms with Crippen molar-refractivity contribution in [3.8, 4) is 0 Å². The molecule has 0 spiro atoms. The van der Waals surface area contributed by atoms with Gasteiger partial charge in [-0.05, 0) is 36.5 Å². The summed E-state index contributed by atoms with van der Waals surface area (Å²) in [6.45, 7) is 9.59. The van der Waals surface area contributed by atoms with Gasteiger partial charge in [0.05, 0.1) is 0 Å². The standard InChI is InChI=1S/C13H26/c1-5-11(4)13-8-7-10(3)9-12(13)6-2/h10-13H,5-9H2,1-4H3. The van der Waals surface area contributed by atoms with E-state index in [0.717, 1.165) is 23.7 Å². The van der Waals surface area contributed by atoms with Crippen LogP contribution >= 0.6 is 0 Å². The van der Waals surface area contributed by atoms with Crippen molar-refractivity contribution in [1.82, 2.24) is 0 Å². The first-order chi connectivity index (χ1) is 6.19. The number of hydrogen-bond acceptors (Lipinski definition) is 0. The fraction of sp³-hybridized carbons (Fsp3) is 1.00. The quantitative estimate of drug-likeness (QED) is 0.603. The summed E-state index contributed by atoms with van der Waals surface area (Å²) >= 11 is 0. The molecule has 0 saturated heterocycles. The summed E-state index contributed by atoms with van der Waals surface area (Å²) in [5.74, 6) is 4.01. The Kier molecular flexibility index (Phi) is 4.28. The van der Waals surface area contributed by atoms with E-state index in [2.05, 4.69) is 27.7 Å². The van der Waals surface area contributed by atoms with E-state index < -0.39 is 0 Å². The average Bonchev–Trinajstić information content (AvgIpc) is 2.16. The Morgan fingerprint density at radius 1 is 1.23 bits per heavy atom. The first kappa shape index (κ1) is 11.1. The van der Waals surface area contributed by atoms with Gasteiger partial charge in [-0.15, -0.1) is 0 Å².